The second-order valence-corrected chi connectivity index (χ2v) is 5.45. The molecule has 1 aliphatic rings. The molecule has 0 bridgehead atoms. The number of carboxylic acid groups (broad SMARTS) is 1. The van der Waals surface area contributed by atoms with Crippen LogP contribution in [0.5, 0.6) is 5.75 Å². The Balaban J connectivity index is 1.76. The summed E-state index contributed by atoms with van der Waals surface area (Å²) >= 11 is 0. The summed E-state index contributed by atoms with van der Waals surface area (Å²) in [5, 5.41) is 11.9. The average molecular weight is 303 g/mol. The van der Waals surface area contributed by atoms with Crippen LogP contribution < -0.4 is 10.1 Å². The Labute approximate surface area is 130 Å². The fourth-order valence-electron chi connectivity index (χ4n) is 2.49. The number of allylic oxidation sites excluding steroid dienone is 2. The molecule has 0 aliphatic heterocycles. The summed E-state index contributed by atoms with van der Waals surface area (Å²) in [6.07, 6.45) is 4.57. The number of carbonyl (C=O) groups is 2. The summed E-state index contributed by atoms with van der Waals surface area (Å²) in [6, 6.07) is 7.67. The first-order valence-corrected chi connectivity index (χ1v) is 7.43. The predicted octanol–water partition coefficient (Wildman–Crippen LogP) is 2.16. The minimum absolute atomic E-state index is 0.218. The van der Waals surface area contributed by atoms with Gasteiger partial charge < -0.3 is 15.2 Å². The van der Waals surface area contributed by atoms with Gasteiger partial charge in [0, 0.05) is 0 Å². The molecule has 0 unspecified atom stereocenters. The topological polar surface area (TPSA) is 75.6 Å². The molecule has 0 saturated heterocycles. The van der Waals surface area contributed by atoms with Crippen LogP contribution >= 0.6 is 0 Å². The van der Waals surface area contributed by atoms with Crippen LogP contribution in [0, 0.1) is 18.8 Å². The molecule has 22 heavy (non-hydrogen) atoms. The van der Waals surface area contributed by atoms with Gasteiger partial charge in [-0.25, -0.2) is 0 Å². The number of nitrogens with one attached hydrogen (secondary N) is 1. The molecule has 1 aromatic rings. The molecule has 0 saturated carbocycles. The quantitative estimate of drug-likeness (QED) is 0.624. The third-order valence-electron chi connectivity index (χ3n) is 3.78. The van der Waals surface area contributed by atoms with Crippen molar-refractivity contribution in [3.05, 3.63) is 42.0 Å². The van der Waals surface area contributed by atoms with Crippen molar-refractivity contribution in [1.82, 2.24) is 5.32 Å². The van der Waals surface area contributed by atoms with Crippen LogP contribution in [0.1, 0.15) is 18.4 Å². The van der Waals surface area contributed by atoms with Crippen molar-refractivity contribution in [1.29, 1.82) is 0 Å². The van der Waals surface area contributed by atoms with Gasteiger partial charge in [0.05, 0.1) is 18.4 Å². The number of hydrogen-bond acceptors (Lipinski definition) is 3. The molecule has 2 atom stereocenters. The molecular weight excluding hydrogens is 282 g/mol. The highest BCUT2D eigenvalue weighted by atomic mass is 16.5. The summed E-state index contributed by atoms with van der Waals surface area (Å²) in [4.78, 5) is 23.3. The summed E-state index contributed by atoms with van der Waals surface area (Å²) in [7, 11) is 0. The Kier molecular flexibility index (Phi) is 5.58. The van der Waals surface area contributed by atoms with Crippen molar-refractivity contribution in [3.8, 4) is 5.75 Å². The summed E-state index contributed by atoms with van der Waals surface area (Å²) in [5.74, 6) is -1.52. The summed E-state index contributed by atoms with van der Waals surface area (Å²) in [5.41, 5.74) is 1.16. The van der Waals surface area contributed by atoms with Gasteiger partial charge in [0.15, 0.2) is 0 Å². The maximum absolute atomic E-state index is 12.1. The average Bonchev–Trinajstić information content (AvgIpc) is 2.53. The number of hydrogen-bond donors (Lipinski definition) is 2. The van der Waals surface area contributed by atoms with Crippen molar-refractivity contribution in [2.24, 2.45) is 11.8 Å². The van der Waals surface area contributed by atoms with E-state index in [0.717, 1.165) is 11.3 Å². The first-order chi connectivity index (χ1) is 10.6. The Morgan fingerprint density at radius 1 is 1.18 bits per heavy atom. The number of rotatable bonds is 6. The van der Waals surface area contributed by atoms with Crippen molar-refractivity contribution < 1.29 is 19.4 Å². The molecule has 2 N–H and O–H groups in total. The number of carbonyl (C=O) groups excluding carboxylic acids is 1. The maximum atomic E-state index is 12.1. The van der Waals surface area contributed by atoms with Gasteiger partial charge in [0.2, 0.25) is 5.91 Å². The Morgan fingerprint density at radius 3 is 2.45 bits per heavy atom. The molecule has 1 aliphatic carbocycles. The maximum Gasteiger partial charge on any atom is 0.307 e. The second kappa shape index (κ2) is 7.64. The zero-order valence-electron chi connectivity index (χ0n) is 12.6. The van der Waals surface area contributed by atoms with Crippen LogP contribution in [0.2, 0.25) is 0 Å². The number of aryl methyl sites for hydroxylation is 1. The van der Waals surface area contributed by atoms with E-state index in [1.54, 1.807) is 0 Å². The zero-order valence-corrected chi connectivity index (χ0v) is 12.6. The summed E-state index contributed by atoms with van der Waals surface area (Å²) < 4.78 is 5.53. The van der Waals surface area contributed by atoms with E-state index in [1.165, 1.54) is 0 Å². The molecule has 5 heteroatoms. The van der Waals surface area contributed by atoms with Gasteiger partial charge in [-0.1, -0.05) is 29.8 Å². The van der Waals surface area contributed by atoms with Gasteiger partial charge in [-0.15, -0.1) is 0 Å². The van der Waals surface area contributed by atoms with Gasteiger partial charge >= 0.3 is 5.97 Å². The van der Waals surface area contributed by atoms with E-state index in [9.17, 15) is 9.59 Å². The Hall–Kier alpha value is -2.30. The number of aliphatic carboxylic acids is 1. The molecular formula is C17H21NO4. The molecule has 1 amide bonds. The Bertz CT molecular complexity index is 550. The van der Waals surface area contributed by atoms with Gasteiger partial charge in [-0.2, -0.15) is 0 Å². The van der Waals surface area contributed by atoms with E-state index in [4.69, 9.17) is 9.84 Å². The molecule has 5 nitrogen and oxygen atoms in total. The van der Waals surface area contributed by atoms with Crippen LogP contribution in [0.3, 0.4) is 0 Å². The lowest BCUT2D eigenvalue weighted by molar-refractivity contribution is -0.147. The van der Waals surface area contributed by atoms with Crippen LogP contribution in [-0.2, 0) is 9.59 Å². The van der Waals surface area contributed by atoms with E-state index >= 15 is 0 Å². The molecule has 1 aromatic carbocycles. The zero-order chi connectivity index (χ0) is 15.9. The van der Waals surface area contributed by atoms with E-state index in [0.29, 0.717) is 26.0 Å². The van der Waals surface area contributed by atoms with E-state index in [1.807, 2.05) is 43.3 Å². The lowest BCUT2D eigenvalue weighted by Gasteiger charge is -2.24. The van der Waals surface area contributed by atoms with Crippen LogP contribution in [-0.4, -0.2) is 30.1 Å². The molecule has 0 heterocycles. The number of ether oxygens (including phenoxy) is 1. The van der Waals surface area contributed by atoms with E-state index < -0.39 is 17.8 Å². The molecule has 0 fully saturated rings. The van der Waals surface area contributed by atoms with Gasteiger partial charge in [-0.05, 0) is 31.9 Å². The van der Waals surface area contributed by atoms with Crippen molar-refractivity contribution in [2.45, 2.75) is 19.8 Å². The number of benzene rings is 1. The minimum atomic E-state index is -0.916. The molecule has 2 rings (SSSR count). The van der Waals surface area contributed by atoms with Crippen molar-refractivity contribution in [3.63, 3.8) is 0 Å². The van der Waals surface area contributed by atoms with Crippen LogP contribution in [0.15, 0.2) is 36.4 Å². The van der Waals surface area contributed by atoms with Crippen LogP contribution in [0.25, 0.3) is 0 Å². The highest BCUT2D eigenvalue weighted by Crippen LogP contribution is 2.25. The monoisotopic (exact) mass is 303 g/mol. The second-order valence-electron chi connectivity index (χ2n) is 5.45. The third kappa shape index (κ3) is 4.35. The lowest BCUT2D eigenvalue weighted by atomic mass is 9.82. The standard InChI is InChI=1S/C17H21NO4/c1-12-6-8-13(9-7-12)22-11-10-18-16(19)14-4-2-3-5-15(14)17(20)21/h2-3,6-9,14-15H,4-5,10-11H2,1H3,(H,18,19)(H,20,21)/t14-,15+/m0/s1. The fraction of sp³-hybridized carbons (Fsp3) is 0.412. The molecule has 0 spiro atoms. The lowest BCUT2D eigenvalue weighted by Crippen LogP contribution is -2.40. The molecule has 0 aromatic heterocycles. The minimum Gasteiger partial charge on any atom is -0.492 e. The molecule has 118 valence electrons. The smallest absolute Gasteiger partial charge is 0.307 e. The van der Waals surface area contributed by atoms with Gasteiger partial charge in [0.1, 0.15) is 12.4 Å². The van der Waals surface area contributed by atoms with Crippen molar-refractivity contribution in [2.75, 3.05) is 13.2 Å². The van der Waals surface area contributed by atoms with E-state index in [-0.39, 0.29) is 5.91 Å². The van der Waals surface area contributed by atoms with E-state index in [2.05, 4.69) is 5.32 Å². The number of amides is 1. The fourth-order valence-corrected chi connectivity index (χ4v) is 2.49. The number of carboxylic acids is 1. The third-order valence-corrected chi connectivity index (χ3v) is 3.78. The highest BCUT2D eigenvalue weighted by Gasteiger charge is 2.33. The normalized spacial score (nSPS) is 20.4. The SMILES string of the molecule is Cc1ccc(OCCNC(=O)[C@H]2CC=CC[C@H]2C(=O)O)cc1. The Morgan fingerprint density at radius 2 is 1.82 bits per heavy atom. The van der Waals surface area contributed by atoms with Gasteiger partial charge in [-0.3, -0.25) is 9.59 Å². The highest BCUT2D eigenvalue weighted by molar-refractivity contribution is 5.85. The summed E-state index contributed by atoms with van der Waals surface area (Å²) in [6.45, 7) is 2.72. The predicted molar refractivity (Wildman–Crippen MR) is 82.7 cm³/mol. The van der Waals surface area contributed by atoms with Crippen molar-refractivity contribution >= 4 is 11.9 Å². The van der Waals surface area contributed by atoms with Crippen LogP contribution in [0.4, 0.5) is 0 Å². The molecule has 0 radical (unpaired) electrons. The first-order valence-electron chi connectivity index (χ1n) is 7.43. The largest absolute Gasteiger partial charge is 0.492 e. The first kappa shape index (κ1) is 16.1. The van der Waals surface area contributed by atoms with Gasteiger partial charge in [0.25, 0.3) is 0 Å².